The highest BCUT2D eigenvalue weighted by atomic mass is 32.2. The molecule has 7 heteroatoms. The van der Waals surface area contributed by atoms with Crippen molar-refractivity contribution in [2.75, 3.05) is 5.75 Å². The number of halogens is 1. The van der Waals surface area contributed by atoms with Gasteiger partial charge in [0.1, 0.15) is 5.82 Å². The van der Waals surface area contributed by atoms with E-state index < -0.39 is 11.4 Å². The summed E-state index contributed by atoms with van der Waals surface area (Å²) in [4.78, 5) is 28.2. The van der Waals surface area contributed by atoms with Crippen LogP contribution in [-0.2, 0) is 13.1 Å². The van der Waals surface area contributed by atoms with Crippen LogP contribution in [0.3, 0.4) is 0 Å². The number of hydrogen-bond donors (Lipinski definition) is 0. The molecule has 0 aliphatic heterocycles. The summed E-state index contributed by atoms with van der Waals surface area (Å²) in [6.45, 7) is 1.95. The Morgan fingerprint density at radius 2 is 1.95 bits per heavy atom. The average Bonchev–Trinajstić information content (AvgIpc) is 2.50. The second kappa shape index (κ2) is 7.09. The Kier molecular flexibility index (Phi) is 5.17. The number of aromatic nitrogens is 3. The molecule has 0 bridgehead atoms. The van der Waals surface area contributed by atoms with Crippen molar-refractivity contribution in [2.24, 2.45) is 0 Å². The van der Waals surface area contributed by atoms with Gasteiger partial charge < -0.3 is 0 Å². The number of thioether (sulfide) groups is 1. The third kappa shape index (κ3) is 3.46. The predicted octanol–water partition coefficient (Wildman–Crippen LogP) is 1.34. The number of terminal acetylenes is 1. The van der Waals surface area contributed by atoms with E-state index in [2.05, 4.69) is 10.9 Å². The number of hydrogen-bond acceptors (Lipinski definition) is 4. The molecular formula is C15H14FN3O2S. The molecule has 0 saturated carbocycles. The van der Waals surface area contributed by atoms with E-state index in [9.17, 15) is 14.0 Å². The second-order valence-corrected chi connectivity index (χ2v) is 5.63. The Morgan fingerprint density at radius 1 is 1.27 bits per heavy atom. The monoisotopic (exact) mass is 319 g/mol. The fourth-order valence-corrected chi connectivity index (χ4v) is 2.58. The lowest BCUT2D eigenvalue weighted by Crippen LogP contribution is -2.42. The minimum Gasteiger partial charge on any atom is -0.268 e. The first-order valence-corrected chi connectivity index (χ1v) is 7.57. The normalized spacial score (nSPS) is 10.4. The summed E-state index contributed by atoms with van der Waals surface area (Å²) in [7, 11) is 0. The van der Waals surface area contributed by atoms with Crippen LogP contribution in [0.2, 0.25) is 0 Å². The predicted molar refractivity (Wildman–Crippen MR) is 83.5 cm³/mol. The lowest BCUT2D eigenvalue weighted by molar-refractivity contribution is 0.533. The molecule has 0 amide bonds. The third-order valence-corrected chi connectivity index (χ3v) is 3.75. The maximum Gasteiger partial charge on any atom is 0.354 e. The largest absolute Gasteiger partial charge is 0.354 e. The van der Waals surface area contributed by atoms with Crippen LogP contribution in [0.25, 0.3) is 0 Å². The van der Waals surface area contributed by atoms with Crippen LogP contribution in [0.5, 0.6) is 0 Å². The summed E-state index contributed by atoms with van der Waals surface area (Å²) in [6.07, 6.45) is 5.18. The number of benzene rings is 1. The van der Waals surface area contributed by atoms with Crippen molar-refractivity contribution in [3.63, 3.8) is 0 Å². The molecule has 0 unspecified atom stereocenters. The maximum absolute atomic E-state index is 13.0. The summed E-state index contributed by atoms with van der Waals surface area (Å²) in [6, 6.07) is 5.80. The van der Waals surface area contributed by atoms with Gasteiger partial charge in [0.15, 0.2) is 5.16 Å². The summed E-state index contributed by atoms with van der Waals surface area (Å²) in [5.74, 6) is 2.58. The van der Waals surface area contributed by atoms with E-state index >= 15 is 0 Å². The van der Waals surface area contributed by atoms with Crippen molar-refractivity contribution in [1.82, 2.24) is 14.1 Å². The Labute approximate surface area is 130 Å². The Hall–Kier alpha value is -2.33. The fraction of sp³-hybridized carbons (Fsp3) is 0.267. The number of rotatable bonds is 5. The fourth-order valence-electron chi connectivity index (χ4n) is 1.89. The minimum atomic E-state index is -0.658. The van der Waals surface area contributed by atoms with Crippen LogP contribution >= 0.6 is 11.8 Å². The van der Waals surface area contributed by atoms with Gasteiger partial charge in [0.05, 0.1) is 13.1 Å². The molecule has 5 nitrogen and oxygen atoms in total. The van der Waals surface area contributed by atoms with Crippen LogP contribution in [0.4, 0.5) is 4.39 Å². The maximum atomic E-state index is 13.0. The summed E-state index contributed by atoms with van der Waals surface area (Å²) in [5.41, 5.74) is -0.443. The zero-order valence-corrected chi connectivity index (χ0v) is 12.8. The van der Waals surface area contributed by atoms with Crippen LogP contribution in [0.15, 0.2) is 39.0 Å². The first kappa shape index (κ1) is 16.0. The molecule has 0 spiro atoms. The molecule has 1 aromatic carbocycles. The SMILES string of the molecule is C#CCn1c(=O)nc(SCC)n(Cc2ccc(F)cc2)c1=O. The summed E-state index contributed by atoms with van der Waals surface area (Å²) >= 11 is 1.29. The topological polar surface area (TPSA) is 56.9 Å². The average molecular weight is 319 g/mol. The Bertz CT molecular complexity index is 819. The van der Waals surface area contributed by atoms with E-state index in [1.54, 1.807) is 12.1 Å². The number of nitrogens with zero attached hydrogens (tertiary/aromatic N) is 3. The van der Waals surface area contributed by atoms with Crippen LogP contribution in [0.1, 0.15) is 12.5 Å². The van der Waals surface area contributed by atoms with Crippen molar-refractivity contribution >= 4 is 11.8 Å². The Morgan fingerprint density at radius 3 is 2.55 bits per heavy atom. The molecule has 0 aliphatic carbocycles. The third-order valence-electron chi connectivity index (χ3n) is 2.89. The van der Waals surface area contributed by atoms with Gasteiger partial charge in [0.25, 0.3) is 0 Å². The molecule has 0 N–H and O–H groups in total. The molecule has 0 radical (unpaired) electrons. The van der Waals surface area contributed by atoms with Crippen LogP contribution in [0, 0.1) is 18.2 Å². The van der Waals surface area contributed by atoms with E-state index in [0.717, 1.165) is 10.1 Å². The van der Waals surface area contributed by atoms with E-state index in [0.29, 0.717) is 10.9 Å². The van der Waals surface area contributed by atoms with Crippen molar-refractivity contribution in [3.05, 3.63) is 56.6 Å². The van der Waals surface area contributed by atoms with Crippen LogP contribution < -0.4 is 11.4 Å². The van der Waals surface area contributed by atoms with Gasteiger partial charge in [-0.05, 0) is 23.4 Å². The molecule has 2 aromatic rings. The van der Waals surface area contributed by atoms with Gasteiger partial charge in [-0.15, -0.1) is 6.42 Å². The zero-order chi connectivity index (χ0) is 16.1. The first-order valence-electron chi connectivity index (χ1n) is 6.59. The lowest BCUT2D eigenvalue weighted by atomic mass is 10.2. The highest BCUT2D eigenvalue weighted by Gasteiger charge is 2.13. The van der Waals surface area contributed by atoms with Crippen molar-refractivity contribution < 1.29 is 4.39 Å². The molecule has 2 rings (SSSR count). The van der Waals surface area contributed by atoms with Gasteiger partial charge in [0, 0.05) is 0 Å². The molecule has 1 heterocycles. The standard InChI is InChI=1S/C15H14FN3O2S/c1-3-9-18-13(20)17-14(22-4-2)19(15(18)21)10-11-5-7-12(16)8-6-11/h1,5-8H,4,9-10H2,2H3. The van der Waals surface area contributed by atoms with Gasteiger partial charge >= 0.3 is 11.4 Å². The summed E-state index contributed by atoms with van der Waals surface area (Å²) < 4.78 is 15.3. The first-order chi connectivity index (χ1) is 10.6. The minimum absolute atomic E-state index is 0.134. The zero-order valence-electron chi connectivity index (χ0n) is 12.0. The van der Waals surface area contributed by atoms with Crippen molar-refractivity contribution in [3.8, 4) is 12.3 Å². The van der Waals surface area contributed by atoms with Crippen LogP contribution in [-0.4, -0.2) is 19.9 Å². The lowest BCUT2D eigenvalue weighted by Gasteiger charge is -2.12. The van der Waals surface area contributed by atoms with Gasteiger partial charge in [0.2, 0.25) is 0 Å². The van der Waals surface area contributed by atoms with Crippen molar-refractivity contribution in [2.45, 2.75) is 25.2 Å². The molecule has 0 saturated heterocycles. The van der Waals surface area contributed by atoms with Gasteiger partial charge in [-0.2, -0.15) is 4.98 Å². The summed E-state index contributed by atoms with van der Waals surface area (Å²) in [5, 5.41) is 0.329. The quantitative estimate of drug-likeness (QED) is 0.616. The van der Waals surface area contributed by atoms with E-state index in [-0.39, 0.29) is 18.9 Å². The van der Waals surface area contributed by atoms with Gasteiger partial charge in [-0.3, -0.25) is 4.57 Å². The molecular weight excluding hydrogens is 305 g/mol. The van der Waals surface area contributed by atoms with E-state index in [4.69, 9.17) is 6.42 Å². The Balaban J connectivity index is 2.54. The molecule has 0 aliphatic rings. The van der Waals surface area contributed by atoms with Crippen molar-refractivity contribution in [1.29, 1.82) is 0 Å². The second-order valence-electron chi connectivity index (χ2n) is 4.40. The molecule has 1 aromatic heterocycles. The highest BCUT2D eigenvalue weighted by Crippen LogP contribution is 2.13. The highest BCUT2D eigenvalue weighted by molar-refractivity contribution is 7.99. The van der Waals surface area contributed by atoms with E-state index in [1.807, 2.05) is 6.92 Å². The molecule has 114 valence electrons. The van der Waals surface area contributed by atoms with E-state index in [1.165, 1.54) is 28.5 Å². The smallest absolute Gasteiger partial charge is 0.268 e. The molecule has 22 heavy (non-hydrogen) atoms. The van der Waals surface area contributed by atoms with Gasteiger partial charge in [-0.1, -0.05) is 36.7 Å². The molecule has 0 atom stereocenters. The van der Waals surface area contributed by atoms with Gasteiger partial charge in [-0.25, -0.2) is 18.5 Å². The molecule has 0 fully saturated rings.